The first-order valence-electron chi connectivity index (χ1n) is 6.76. The van der Waals surface area contributed by atoms with Gasteiger partial charge in [-0.15, -0.1) is 0 Å². The number of hydrogen-bond acceptors (Lipinski definition) is 3. The molecule has 1 aliphatic heterocycles. The minimum atomic E-state index is -1.54. The van der Waals surface area contributed by atoms with Crippen LogP contribution >= 0.6 is 0 Å². The summed E-state index contributed by atoms with van der Waals surface area (Å²) in [6.45, 7) is 1.80. The van der Waals surface area contributed by atoms with Gasteiger partial charge >= 0.3 is 5.97 Å². The molecule has 1 aromatic carbocycles. The molecule has 6 heteroatoms. The van der Waals surface area contributed by atoms with Crippen LogP contribution < -0.4 is 0 Å². The van der Waals surface area contributed by atoms with Crippen LogP contribution in [0.25, 0.3) is 0 Å². The molecule has 2 atom stereocenters. The Morgan fingerprint density at radius 3 is 2.67 bits per heavy atom. The van der Waals surface area contributed by atoms with E-state index in [2.05, 4.69) is 0 Å². The summed E-state index contributed by atoms with van der Waals surface area (Å²) in [5, 5.41) is 9.19. The van der Waals surface area contributed by atoms with Crippen molar-refractivity contribution in [2.24, 2.45) is 0 Å². The highest BCUT2D eigenvalue weighted by atomic mass is 19.1. The summed E-state index contributed by atoms with van der Waals surface area (Å²) >= 11 is 0. The Kier molecular flexibility index (Phi) is 4.27. The molecule has 0 bridgehead atoms. The van der Waals surface area contributed by atoms with Gasteiger partial charge < -0.3 is 14.7 Å². The maximum absolute atomic E-state index is 14.0. The summed E-state index contributed by atoms with van der Waals surface area (Å²) < 4.78 is 19.3. The fourth-order valence-electron chi connectivity index (χ4n) is 2.70. The molecule has 1 saturated heterocycles. The molecular formula is C15H18FNO4. The van der Waals surface area contributed by atoms with Crippen molar-refractivity contribution in [1.29, 1.82) is 0 Å². The molecular weight excluding hydrogens is 277 g/mol. The van der Waals surface area contributed by atoms with Crippen molar-refractivity contribution in [1.82, 2.24) is 4.90 Å². The third kappa shape index (κ3) is 2.63. The average molecular weight is 295 g/mol. The van der Waals surface area contributed by atoms with Crippen LogP contribution in [0.2, 0.25) is 0 Å². The molecule has 5 nitrogen and oxygen atoms in total. The average Bonchev–Trinajstić information content (AvgIpc) is 2.95. The van der Waals surface area contributed by atoms with Crippen LogP contribution in [0.4, 0.5) is 4.39 Å². The zero-order valence-electron chi connectivity index (χ0n) is 12.0. The van der Waals surface area contributed by atoms with Crippen LogP contribution in [0, 0.1) is 5.82 Å². The molecule has 21 heavy (non-hydrogen) atoms. The van der Waals surface area contributed by atoms with Crippen molar-refractivity contribution in [3.8, 4) is 0 Å². The van der Waals surface area contributed by atoms with Crippen LogP contribution in [0.15, 0.2) is 24.3 Å². The van der Waals surface area contributed by atoms with Gasteiger partial charge in [-0.2, -0.15) is 0 Å². The summed E-state index contributed by atoms with van der Waals surface area (Å²) in [4.78, 5) is 25.2. The van der Waals surface area contributed by atoms with Crippen LogP contribution in [-0.2, 0) is 19.9 Å². The van der Waals surface area contributed by atoms with Crippen molar-refractivity contribution in [2.45, 2.75) is 31.4 Å². The van der Waals surface area contributed by atoms with Gasteiger partial charge in [0, 0.05) is 19.2 Å². The third-order valence-electron chi connectivity index (χ3n) is 4.00. The number of rotatable bonds is 4. The molecule has 1 aliphatic rings. The number of amides is 1. The van der Waals surface area contributed by atoms with Crippen molar-refractivity contribution >= 4 is 11.9 Å². The molecule has 1 aromatic rings. The van der Waals surface area contributed by atoms with E-state index in [1.807, 2.05) is 0 Å². The molecule has 1 fully saturated rings. The number of hydrogen-bond donors (Lipinski definition) is 1. The zero-order chi connectivity index (χ0) is 15.6. The molecule has 1 unspecified atom stereocenters. The lowest BCUT2D eigenvalue weighted by atomic mass is 9.93. The lowest BCUT2D eigenvalue weighted by molar-refractivity contribution is -0.161. The zero-order valence-corrected chi connectivity index (χ0v) is 12.0. The molecule has 0 radical (unpaired) electrons. The number of carboxylic acid groups (broad SMARTS) is 1. The number of methoxy groups -OCH3 is 1. The Hall–Kier alpha value is -1.95. The molecule has 2 rings (SSSR count). The van der Waals surface area contributed by atoms with Crippen LogP contribution in [0.1, 0.15) is 25.3 Å². The predicted octanol–water partition coefficient (Wildman–Crippen LogP) is 1.76. The van der Waals surface area contributed by atoms with Crippen molar-refractivity contribution in [3.63, 3.8) is 0 Å². The van der Waals surface area contributed by atoms with Gasteiger partial charge in [0.05, 0.1) is 0 Å². The summed E-state index contributed by atoms with van der Waals surface area (Å²) in [5.41, 5.74) is -1.43. The molecule has 0 spiro atoms. The lowest BCUT2D eigenvalue weighted by Gasteiger charge is -2.33. The van der Waals surface area contributed by atoms with E-state index in [0.29, 0.717) is 19.4 Å². The van der Waals surface area contributed by atoms with Gasteiger partial charge in [-0.1, -0.05) is 18.2 Å². The summed E-state index contributed by atoms with van der Waals surface area (Å²) in [7, 11) is 1.32. The van der Waals surface area contributed by atoms with Crippen molar-refractivity contribution in [3.05, 3.63) is 35.6 Å². The number of halogens is 1. The van der Waals surface area contributed by atoms with Gasteiger partial charge in [0.2, 0.25) is 0 Å². The number of aliphatic carboxylic acids is 1. The van der Waals surface area contributed by atoms with Gasteiger partial charge in [-0.25, -0.2) is 9.18 Å². The fourth-order valence-corrected chi connectivity index (χ4v) is 2.70. The normalized spacial score (nSPS) is 21.1. The molecule has 1 amide bonds. The number of carboxylic acids is 1. The summed E-state index contributed by atoms with van der Waals surface area (Å²) in [5.74, 6) is -2.13. The maximum atomic E-state index is 14.0. The van der Waals surface area contributed by atoms with E-state index < -0.39 is 29.3 Å². The number of benzene rings is 1. The predicted molar refractivity (Wildman–Crippen MR) is 73.1 cm³/mol. The van der Waals surface area contributed by atoms with Crippen molar-refractivity contribution in [2.75, 3.05) is 13.7 Å². The van der Waals surface area contributed by atoms with Gasteiger partial charge in [-0.3, -0.25) is 4.79 Å². The second-order valence-corrected chi connectivity index (χ2v) is 5.21. The van der Waals surface area contributed by atoms with Crippen LogP contribution in [0.3, 0.4) is 0 Å². The smallest absolute Gasteiger partial charge is 0.326 e. The van der Waals surface area contributed by atoms with Crippen LogP contribution in [0.5, 0.6) is 0 Å². The quantitative estimate of drug-likeness (QED) is 0.919. The second kappa shape index (κ2) is 5.81. The molecule has 114 valence electrons. The third-order valence-corrected chi connectivity index (χ3v) is 4.00. The van der Waals surface area contributed by atoms with E-state index in [1.165, 1.54) is 37.1 Å². The highest BCUT2D eigenvalue weighted by molar-refractivity contribution is 5.90. The minimum Gasteiger partial charge on any atom is -0.480 e. The number of ether oxygens (including phenoxy) is 1. The maximum Gasteiger partial charge on any atom is 0.326 e. The fraction of sp³-hybridized carbons (Fsp3) is 0.467. The monoisotopic (exact) mass is 295 g/mol. The molecule has 0 saturated carbocycles. The molecule has 0 aromatic heterocycles. The van der Waals surface area contributed by atoms with Crippen LogP contribution in [-0.4, -0.2) is 41.6 Å². The number of nitrogens with zero attached hydrogens (tertiary/aromatic N) is 1. The van der Waals surface area contributed by atoms with E-state index in [-0.39, 0.29) is 5.56 Å². The highest BCUT2D eigenvalue weighted by Crippen LogP contribution is 2.32. The molecule has 1 N–H and O–H groups in total. The summed E-state index contributed by atoms with van der Waals surface area (Å²) in [6.07, 6.45) is 1.01. The number of carbonyl (C=O) groups excluding carboxylic acids is 1. The molecule has 1 heterocycles. The van der Waals surface area contributed by atoms with E-state index in [1.54, 1.807) is 6.07 Å². The van der Waals surface area contributed by atoms with E-state index in [0.717, 1.165) is 0 Å². The van der Waals surface area contributed by atoms with E-state index >= 15 is 0 Å². The standard InChI is InChI=1S/C15H18FNO4/c1-15(21-2,10-6-3-4-7-11(10)16)14(20)17-9-5-8-12(17)13(18)19/h3-4,6-7,12H,5,8-9H2,1-2H3,(H,18,19)/t12-,15?/m0/s1. The highest BCUT2D eigenvalue weighted by Gasteiger charge is 2.45. The van der Waals surface area contributed by atoms with Crippen molar-refractivity contribution < 1.29 is 23.8 Å². The van der Waals surface area contributed by atoms with Gasteiger partial charge in [0.1, 0.15) is 11.9 Å². The first-order chi connectivity index (χ1) is 9.91. The topological polar surface area (TPSA) is 66.8 Å². The Morgan fingerprint density at radius 1 is 1.43 bits per heavy atom. The first kappa shape index (κ1) is 15.4. The Morgan fingerprint density at radius 2 is 2.10 bits per heavy atom. The Balaban J connectivity index is 2.38. The van der Waals surface area contributed by atoms with Gasteiger partial charge in [0.15, 0.2) is 5.60 Å². The number of likely N-dealkylation sites (tertiary alicyclic amines) is 1. The summed E-state index contributed by atoms with van der Waals surface area (Å²) in [6, 6.07) is 4.98. The van der Waals surface area contributed by atoms with E-state index in [9.17, 15) is 19.1 Å². The molecule has 0 aliphatic carbocycles. The minimum absolute atomic E-state index is 0.105. The van der Waals surface area contributed by atoms with Gasteiger partial charge in [0.25, 0.3) is 5.91 Å². The Labute approximate surface area is 122 Å². The number of carbonyl (C=O) groups is 2. The SMILES string of the molecule is COC(C)(C(=O)N1CCC[C@H]1C(=O)O)c1ccccc1F. The first-order valence-corrected chi connectivity index (χ1v) is 6.76. The largest absolute Gasteiger partial charge is 0.480 e. The van der Waals surface area contributed by atoms with Gasteiger partial charge in [-0.05, 0) is 25.8 Å². The Bertz CT molecular complexity index is 562. The lowest BCUT2D eigenvalue weighted by Crippen LogP contribution is -2.50. The second-order valence-electron chi connectivity index (χ2n) is 5.21. The van der Waals surface area contributed by atoms with E-state index in [4.69, 9.17) is 4.74 Å².